The molecule has 0 saturated carbocycles. The Labute approximate surface area is 234 Å². The van der Waals surface area contributed by atoms with E-state index in [9.17, 15) is 18.8 Å². The van der Waals surface area contributed by atoms with Gasteiger partial charge in [-0.3, -0.25) is 9.59 Å². The standard InChI is InChI=1S/C31H28FN5O4/c1-30(2,3)41-29(40)36-17-31(18-36,22-10-12-23(32)13-11-22)34-27(38)24-15-26-28(39)33-25(16-37(26)35-24)21-9-8-19-6-4-5-7-20(19)14-21/h4-16H,17-18H2,1-3H3,(H,33,39)(H,34,38). The average molecular weight is 554 g/mol. The van der Waals surface area contributed by atoms with Gasteiger partial charge >= 0.3 is 6.09 Å². The molecule has 2 aromatic heterocycles. The summed E-state index contributed by atoms with van der Waals surface area (Å²) in [6.45, 7) is 5.57. The molecule has 0 bridgehead atoms. The number of aromatic nitrogens is 3. The normalized spacial score (nSPS) is 14.6. The quantitative estimate of drug-likeness (QED) is 0.331. The van der Waals surface area contributed by atoms with Crippen molar-refractivity contribution in [2.24, 2.45) is 0 Å². The number of carbonyl (C=O) groups is 2. The van der Waals surface area contributed by atoms with Gasteiger partial charge < -0.3 is 19.9 Å². The van der Waals surface area contributed by atoms with Crippen LogP contribution < -0.4 is 10.9 Å². The molecule has 3 heterocycles. The Balaban J connectivity index is 1.29. The molecule has 9 nitrogen and oxygen atoms in total. The summed E-state index contributed by atoms with van der Waals surface area (Å²) in [5.74, 6) is -0.950. The Hall–Kier alpha value is -4.99. The fourth-order valence-corrected chi connectivity index (χ4v) is 5.06. The van der Waals surface area contributed by atoms with Crippen LogP contribution in [-0.2, 0) is 10.3 Å². The third kappa shape index (κ3) is 5.04. The second-order valence-corrected chi connectivity index (χ2v) is 11.3. The van der Waals surface area contributed by atoms with Crippen LogP contribution in [0, 0.1) is 5.82 Å². The average Bonchev–Trinajstić information content (AvgIpc) is 3.35. The molecular formula is C31H28FN5O4. The number of nitrogens with one attached hydrogen (secondary N) is 2. The topological polar surface area (TPSA) is 109 Å². The molecule has 1 fully saturated rings. The molecule has 41 heavy (non-hydrogen) atoms. The van der Waals surface area contributed by atoms with Gasteiger partial charge in [-0.1, -0.05) is 48.5 Å². The summed E-state index contributed by atoms with van der Waals surface area (Å²) in [6.07, 6.45) is 1.16. The number of fused-ring (bicyclic) bond motifs is 2. The molecule has 0 aliphatic carbocycles. The van der Waals surface area contributed by atoms with E-state index in [2.05, 4.69) is 15.4 Å². The van der Waals surface area contributed by atoms with Crippen molar-refractivity contribution in [1.82, 2.24) is 24.8 Å². The Bertz CT molecular complexity index is 1860. The maximum Gasteiger partial charge on any atom is 0.410 e. The number of aromatic amines is 1. The smallest absolute Gasteiger partial charge is 0.410 e. The van der Waals surface area contributed by atoms with E-state index in [1.807, 2.05) is 42.5 Å². The molecule has 0 spiro atoms. The van der Waals surface area contributed by atoms with E-state index in [0.717, 1.165) is 16.3 Å². The van der Waals surface area contributed by atoms with E-state index in [1.165, 1.54) is 27.6 Å². The lowest BCUT2D eigenvalue weighted by atomic mass is 9.82. The Morgan fingerprint density at radius 2 is 1.71 bits per heavy atom. The predicted octanol–water partition coefficient (Wildman–Crippen LogP) is 4.86. The number of ether oxygens (including phenoxy) is 1. The molecule has 0 unspecified atom stereocenters. The zero-order chi connectivity index (χ0) is 28.9. The monoisotopic (exact) mass is 553 g/mol. The van der Waals surface area contributed by atoms with Crippen molar-refractivity contribution in [3.63, 3.8) is 0 Å². The third-order valence-corrected chi connectivity index (χ3v) is 7.08. The number of benzene rings is 3. The summed E-state index contributed by atoms with van der Waals surface area (Å²) in [5.41, 5.74) is 0.170. The number of hydrogen-bond acceptors (Lipinski definition) is 5. The van der Waals surface area contributed by atoms with Crippen LogP contribution in [0.15, 0.2) is 83.8 Å². The largest absolute Gasteiger partial charge is 0.444 e. The van der Waals surface area contributed by atoms with Gasteiger partial charge in [0, 0.05) is 11.6 Å². The number of H-pyrrole nitrogens is 1. The van der Waals surface area contributed by atoms with Gasteiger partial charge in [-0.2, -0.15) is 5.10 Å². The Morgan fingerprint density at radius 3 is 2.41 bits per heavy atom. The molecule has 5 aromatic rings. The number of halogens is 1. The maximum atomic E-state index is 13.7. The molecule has 1 saturated heterocycles. The summed E-state index contributed by atoms with van der Waals surface area (Å²) in [7, 11) is 0. The highest BCUT2D eigenvalue weighted by molar-refractivity contribution is 5.94. The molecule has 10 heteroatoms. The summed E-state index contributed by atoms with van der Waals surface area (Å²) in [6, 6.07) is 21.0. The van der Waals surface area contributed by atoms with E-state index >= 15 is 0 Å². The summed E-state index contributed by atoms with van der Waals surface area (Å²) >= 11 is 0. The zero-order valence-electron chi connectivity index (χ0n) is 22.8. The van der Waals surface area contributed by atoms with Crippen molar-refractivity contribution >= 4 is 28.3 Å². The van der Waals surface area contributed by atoms with Gasteiger partial charge in [0.25, 0.3) is 11.5 Å². The molecule has 0 atom stereocenters. The molecular weight excluding hydrogens is 525 g/mol. The maximum absolute atomic E-state index is 13.7. The summed E-state index contributed by atoms with van der Waals surface area (Å²) in [4.78, 5) is 43.4. The van der Waals surface area contributed by atoms with Crippen LogP contribution in [0.5, 0.6) is 0 Å². The van der Waals surface area contributed by atoms with Crippen LogP contribution in [0.2, 0.25) is 0 Å². The molecule has 1 aliphatic heterocycles. The fraction of sp³-hybridized carbons (Fsp3) is 0.226. The number of rotatable bonds is 4. The number of carbonyl (C=O) groups excluding carboxylic acids is 2. The molecule has 6 rings (SSSR count). The highest BCUT2D eigenvalue weighted by Gasteiger charge is 2.49. The molecule has 0 radical (unpaired) electrons. The van der Waals surface area contributed by atoms with Crippen LogP contribution in [0.3, 0.4) is 0 Å². The van der Waals surface area contributed by atoms with Crippen LogP contribution >= 0.6 is 0 Å². The zero-order valence-corrected chi connectivity index (χ0v) is 22.8. The SMILES string of the molecule is CC(C)(C)OC(=O)N1CC(NC(=O)c2cc3c(=O)[nH]c(-c4ccc5ccccc5c4)cn3n2)(c2ccc(F)cc2)C1. The second kappa shape index (κ2) is 9.58. The van der Waals surface area contributed by atoms with Gasteiger partial charge in [-0.15, -0.1) is 0 Å². The first-order valence-electron chi connectivity index (χ1n) is 13.2. The molecule has 2 amide bonds. The lowest BCUT2D eigenvalue weighted by molar-refractivity contribution is -0.0169. The van der Waals surface area contributed by atoms with Crippen LogP contribution in [0.4, 0.5) is 9.18 Å². The lowest BCUT2D eigenvalue weighted by Crippen LogP contribution is -2.69. The fourth-order valence-electron chi connectivity index (χ4n) is 5.06. The second-order valence-electron chi connectivity index (χ2n) is 11.3. The first kappa shape index (κ1) is 26.2. The molecule has 3 aromatic carbocycles. The van der Waals surface area contributed by atoms with E-state index < -0.39 is 34.5 Å². The van der Waals surface area contributed by atoms with E-state index in [1.54, 1.807) is 39.1 Å². The minimum absolute atomic E-state index is 0.0309. The molecule has 1 aliphatic rings. The summed E-state index contributed by atoms with van der Waals surface area (Å²) < 4.78 is 20.5. The van der Waals surface area contributed by atoms with Crippen LogP contribution in [0.1, 0.15) is 36.8 Å². The third-order valence-electron chi connectivity index (χ3n) is 7.08. The van der Waals surface area contributed by atoms with Gasteiger partial charge in [0.15, 0.2) is 5.69 Å². The Kier molecular flexibility index (Phi) is 6.13. The minimum Gasteiger partial charge on any atom is -0.444 e. The first-order valence-corrected chi connectivity index (χ1v) is 13.2. The highest BCUT2D eigenvalue weighted by Crippen LogP contribution is 2.34. The highest BCUT2D eigenvalue weighted by atomic mass is 19.1. The predicted molar refractivity (Wildman–Crippen MR) is 152 cm³/mol. The first-order chi connectivity index (χ1) is 19.5. The minimum atomic E-state index is -0.986. The van der Waals surface area contributed by atoms with Crippen molar-refractivity contribution in [1.29, 1.82) is 0 Å². The summed E-state index contributed by atoms with van der Waals surface area (Å²) in [5, 5.41) is 9.48. The number of nitrogens with zero attached hydrogens (tertiary/aromatic N) is 3. The number of likely N-dealkylation sites (tertiary alicyclic amines) is 1. The van der Waals surface area contributed by atoms with E-state index in [4.69, 9.17) is 4.74 Å². The van der Waals surface area contributed by atoms with Crippen molar-refractivity contribution in [2.45, 2.75) is 31.9 Å². The van der Waals surface area contributed by atoms with Gasteiger partial charge in [-0.05, 0) is 55.3 Å². The van der Waals surface area contributed by atoms with Gasteiger partial charge in [0.2, 0.25) is 0 Å². The van der Waals surface area contributed by atoms with Crippen molar-refractivity contribution in [2.75, 3.05) is 13.1 Å². The van der Waals surface area contributed by atoms with E-state index in [0.29, 0.717) is 11.3 Å². The van der Waals surface area contributed by atoms with E-state index in [-0.39, 0.29) is 24.3 Å². The van der Waals surface area contributed by atoms with Crippen LogP contribution in [-0.4, -0.2) is 50.2 Å². The number of hydrogen-bond donors (Lipinski definition) is 2. The van der Waals surface area contributed by atoms with Gasteiger partial charge in [-0.25, -0.2) is 13.7 Å². The van der Waals surface area contributed by atoms with Crippen molar-refractivity contribution < 1.29 is 18.7 Å². The molecule has 208 valence electrons. The lowest BCUT2D eigenvalue weighted by Gasteiger charge is -2.50. The molecule has 2 N–H and O–H groups in total. The van der Waals surface area contributed by atoms with Gasteiger partial charge in [0.05, 0.1) is 25.0 Å². The van der Waals surface area contributed by atoms with Crippen LogP contribution in [0.25, 0.3) is 27.5 Å². The van der Waals surface area contributed by atoms with Crippen molar-refractivity contribution in [3.05, 3.63) is 106 Å². The number of amides is 2. The Morgan fingerprint density at radius 1 is 1.00 bits per heavy atom. The van der Waals surface area contributed by atoms with Gasteiger partial charge in [0.1, 0.15) is 22.5 Å². The van der Waals surface area contributed by atoms with Crippen molar-refractivity contribution in [3.8, 4) is 11.3 Å².